The Kier molecular flexibility index (Phi) is 7.47. The molecule has 170 valence electrons. The Morgan fingerprint density at radius 2 is 1.97 bits per heavy atom. The van der Waals surface area contributed by atoms with E-state index < -0.39 is 0 Å². The van der Waals surface area contributed by atoms with Crippen LogP contribution in [0.15, 0.2) is 36.4 Å². The molecule has 7 nitrogen and oxygen atoms in total. The highest BCUT2D eigenvalue weighted by atomic mass is 35.5. The maximum Gasteiger partial charge on any atom is 0.266 e. The van der Waals surface area contributed by atoms with Crippen molar-refractivity contribution in [3.8, 4) is 11.5 Å². The molecule has 0 saturated carbocycles. The van der Waals surface area contributed by atoms with Crippen LogP contribution in [0.2, 0.25) is 5.02 Å². The molecule has 0 spiro atoms. The first-order valence-electron chi connectivity index (χ1n) is 10.5. The predicted octanol–water partition coefficient (Wildman–Crippen LogP) is 4.01. The number of amides is 1. The highest BCUT2D eigenvalue weighted by molar-refractivity contribution is 7.23. The fourth-order valence-electron chi connectivity index (χ4n) is 3.47. The molecular formula is C23H26ClN3O4S. The number of hydrogen-bond acceptors (Lipinski definition) is 7. The molecule has 0 radical (unpaired) electrons. The monoisotopic (exact) mass is 475 g/mol. The van der Waals surface area contributed by atoms with Crippen LogP contribution >= 0.6 is 22.9 Å². The lowest BCUT2D eigenvalue weighted by Crippen LogP contribution is -2.44. The van der Waals surface area contributed by atoms with Crippen LogP contribution in [0, 0.1) is 6.92 Å². The molecule has 2 aromatic carbocycles. The van der Waals surface area contributed by atoms with Gasteiger partial charge in [0, 0.05) is 26.2 Å². The Morgan fingerprint density at radius 1 is 1.22 bits per heavy atom. The van der Waals surface area contributed by atoms with Gasteiger partial charge in [0.15, 0.2) is 11.7 Å². The van der Waals surface area contributed by atoms with Crippen molar-refractivity contribution in [2.24, 2.45) is 0 Å². The summed E-state index contributed by atoms with van der Waals surface area (Å²) < 4.78 is 17.4. The van der Waals surface area contributed by atoms with Gasteiger partial charge >= 0.3 is 0 Å². The SMILES string of the molecule is COc1ccc(Cl)c2sc(N(CCN3CCOCC3)C(=O)COc3ccc(C)cc3)nc12. The lowest BCUT2D eigenvalue weighted by Gasteiger charge is -2.29. The molecule has 2 heterocycles. The second kappa shape index (κ2) is 10.5. The van der Waals surface area contributed by atoms with E-state index in [2.05, 4.69) is 4.90 Å². The van der Waals surface area contributed by atoms with Crippen LogP contribution in [0.3, 0.4) is 0 Å². The highest BCUT2D eigenvalue weighted by Crippen LogP contribution is 2.38. The number of methoxy groups -OCH3 is 1. The van der Waals surface area contributed by atoms with Crippen LogP contribution in [-0.4, -0.2) is 68.9 Å². The molecule has 0 unspecified atom stereocenters. The largest absolute Gasteiger partial charge is 0.494 e. The van der Waals surface area contributed by atoms with Gasteiger partial charge in [-0.15, -0.1) is 0 Å². The highest BCUT2D eigenvalue weighted by Gasteiger charge is 2.23. The zero-order valence-corrected chi connectivity index (χ0v) is 19.7. The summed E-state index contributed by atoms with van der Waals surface area (Å²) in [6.45, 7) is 6.26. The normalized spacial score (nSPS) is 14.5. The number of rotatable bonds is 8. The number of fused-ring (bicyclic) bond motifs is 1. The number of ether oxygens (including phenoxy) is 3. The maximum atomic E-state index is 13.2. The maximum absolute atomic E-state index is 13.2. The number of benzene rings is 2. The number of carbonyl (C=O) groups is 1. The second-order valence-corrected chi connectivity index (χ2v) is 8.91. The smallest absolute Gasteiger partial charge is 0.266 e. The Labute approximate surface area is 196 Å². The molecule has 0 aliphatic carbocycles. The van der Waals surface area contributed by atoms with E-state index in [9.17, 15) is 4.79 Å². The van der Waals surface area contributed by atoms with Gasteiger partial charge < -0.3 is 14.2 Å². The summed E-state index contributed by atoms with van der Waals surface area (Å²) in [7, 11) is 1.60. The minimum Gasteiger partial charge on any atom is -0.494 e. The van der Waals surface area contributed by atoms with Crippen LogP contribution in [0.5, 0.6) is 11.5 Å². The fourth-order valence-corrected chi connectivity index (χ4v) is 4.77. The zero-order chi connectivity index (χ0) is 22.5. The van der Waals surface area contributed by atoms with E-state index in [0.717, 1.165) is 29.9 Å². The first-order chi connectivity index (χ1) is 15.5. The van der Waals surface area contributed by atoms with Gasteiger partial charge in [0.2, 0.25) is 0 Å². The van der Waals surface area contributed by atoms with Crippen molar-refractivity contribution in [3.05, 3.63) is 47.0 Å². The minimum atomic E-state index is -0.159. The van der Waals surface area contributed by atoms with Gasteiger partial charge in [0.25, 0.3) is 5.91 Å². The number of carbonyl (C=O) groups excluding carboxylic acids is 1. The molecule has 3 aromatic rings. The minimum absolute atomic E-state index is 0.0764. The van der Waals surface area contributed by atoms with E-state index in [-0.39, 0.29) is 12.5 Å². The van der Waals surface area contributed by atoms with Crippen molar-refractivity contribution < 1.29 is 19.0 Å². The first kappa shape index (κ1) is 22.8. The number of thiazole rings is 1. The fraction of sp³-hybridized carbons (Fsp3) is 0.391. The van der Waals surface area contributed by atoms with Crippen LogP contribution in [0.4, 0.5) is 5.13 Å². The Balaban J connectivity index is 1.56. The van der Waals surface area contributed by atoms with Crippen molar-refractivity contribution in [1.82, 2.24) is 9.88 Å². The molecule has 0 bridgehead atoms. The third-order valence-corrected chi connectivity index (χ3v) is 6.86. The van der Waals surface area contributed by atoms with Crippen LogP contribution < -0.4 is 14.4 Å². The van der Waals surface area contributed by atoms with E-state index >= 15 is 0 Å². The summed E-state index contributed by atoms with van der Waals surface area (Å²) in [5, 5.41) is 1.16. The van der Waals surface area contributed by atoms with E-state index in [4.69, 9.17) is 30.8 Å². The molecule has 32 heavy (non-hydrogen) atoms. The Bertz CT molecular complexity index is 1070. The van der Waals surface area contributed by atoms with Crippen molar-refractivity contribution in [3.63, 3.8) is 0 Å². The van der Waals surface area contributed by atoms with Gasteiger partial charge in [0.1, 0.15) is 17.0 Å². The molecule has 9 heteroatoms. The lowest BCUT2D eigenvalue weighted by molar-refractivity contribution is -0.120. The molecular weight excluding hydrogens is 450 g/mol. The third kappa shape index (κ3) is 5.32. The summed E-state index contributed by atoms with van der Waals surface area (Å²) in [5.74, 6) is 1.13. The molecule has 0 N–H and O–H groups in total. The summed E-state index contributed by atoms with van der Waals surface area (Å²) in [4.78, 5) is 21.9. The molecule has 1 amide bonds. The summed E-state index contributed by atoms with van der Waals surface area (Å²) in [6, 6.07) is 11.2. The van der Waals surface area contributed by atoms with Gasteiger partial charge in [-0.2, -0.15) is 0 Å². The number of morpholine rings is 1. The molecule has 1 saturated heterocycles. The molecule has 1 fully saturated rings. The molecule has 0 atom stereocenters. The zero-order valence-electron chi connectivity index (χ0n) is 18.2. The number of aryl methyl sites for hydroxylation is 1. The number of aromatic nitrogens is 1. The van der Waals surface area contributed by atoms with Gasteiger partial charge in [-0.05, 0) is 31.2 Å². The number of halogens is 1. The average molecular weight is 476 g/mol. The molecule has 1 aromatic heterocycles. The van der Waals surface area contributed by atoms with Crippen LogP contribution in [0.25, 0.3) is 10.2 Å². The topological polar surface area (TPSA) is 64.1 Å². The van der Waals surface area contributed by atoms with Crippen molar-refractivity contribution in [2.45, 2.75) is 6.92 Å². The Morgan fingerprint density at radius 3 is 2.69 bits per heavy atom. The third-order valence-electron chi connectivity index (χ3n) is 5.33. The first-order valence-corrected chi connectivity index (χ1v) is 11.7. The second-order valence-electron chi connectivity index (χ2n) is 7.52. The van der Waals surface area contributed by atoms with E-state index in [1.54, 1.807) is 24.1 Å². The standard InChI is InChI=1S/C23H26ClN3O4S/c1-16-3-5-17(6-4-16)31-15-20(28)27(10-9-26-11-13-30-14-12-26)23-25-21-19(29-2)8-7-18(24)22(21)32-23/h3-8H,9-15H2,1-2H3. The van der Waals surface area contributed by atoms with Gasteiger partial charge in [0.05, 0.1) is 30.0 Å². The van der Waals surface area contributed by atoms with Crippen molar-refractivity contribution >= 4 is 44.2 Å². The van der Waals surface area contributed by atoms with Crippen LogP contribution in [-0.2, 0) is 9.53 Å². The predicted molar refractivity (Wildman–Crippen MR) is 127 cm³/mol. The van der Waals surface area contributed by atoms with Gasteiger partial charge in [-0.25, -0.2) is 4.98 Å². The number of anilines is 1. The van der Waals surface area contributed by atoms with Crippen molar-refractivity contribution in [1.29, 1.82) is 0 Å². The lowest BCUT2D eigenvalue weighted by atomic mass is 10.2. The molecule has 1 aliphatic heterocycles. The van der Waals surface area contributed by atoms with E-state index in [1.165, 1.54) is 11.3 Å². The number of nitrogens with zero attached hydrogens (tertiary/aromatic N) is 3. The van der Waals surface area contributed by atoms with E-state index in [0.29, 0.717) is 46.9 Å². The summed E-state index contributed by atoms with van der Waals surface area (Å²) in [5.41, 5.74) is 1.79. The van der Waals surface area contributed by atoms with Gasteiger partial charge in [-0.3, -0.25) is 14.6 Å². The van der Waals surface area contributed by atoms with Gasteiger partial charge in [-0.1, -0.05) is 40.6 Å². The molecule has 4 rings (SSSR count). The molecule has 1 aliphatic rings. The van der Waals surface area contributed by atoms with Crippen LogP contribution in [0.1, 0.15) is 5.56 Å². The number of hydrogen-bond donors (Lipinski definition) is 0. The average Bonchev–Trinajstić information content (AvgIpc) is 3.26. The van der Waals surface area contributed by atoms with E-state index in [1.807, 2.05) is 31.2 Å². The quantitative estimate of drug-likeness (QED) is 0.490. The summed E-state index contributed by atoms with van der Waals surface area (Å²) >= 11 is 7.78. The van der Waals surface area contributed by atoms with Crippen molar-refractivity contribution in [2.75, 3.05) is 58.0 Å². The Hall–Kier alpha value is -2.39. The summed E-state index contributed by atoms with van der Waals surface area (Å²) in [6.07, 6.45) is 0.